The predicted octanol–water partition coefficient (Wildman–Crippen LogP) is 3.47. The summed E-state index contributed by atoms with van der Waals surface area (Å²) in [7, 11) is 3.43. The molecule has 0 aliphatic heterocycles. The average Bonchev–Trinajstić information content (AvgIpc) is 2.50. The van der Waals surface area contributed by atoms with Crippen molar-refractivity contribution >= 4 is 16.6 Å². The first-order valence-electron chi connectivity index (χ1n) is 7.01. The lowest BCUT2D eigenvalue weighted by Gasteiger charge is -2.10. The smallest absolute Gasteiger partial charge is 0.133 e. The summed E-state index contributed by atoms with van der Waals surface area (Å²) in [5, 5.41) is 5.60. The van der Waals surface area contributed by atoms with E-state index in [4.69, 9.17) is 9.47 Å². The highest BCUT2D eigenvalue weighted by Gasteiger charge is 2.05. The second-order valence-electron chi connectivity index (χ2n) is 4.70. The Hall–Kier alpha value is -1.81. The van der Waals surface area contributed by atoms with Gasteiger partial charge in [-0.05, 0) is 31.4 Å². The van der Waals surface area contributed by atoms with E-state index in [9.17, 15) is 0 Å². The molecule has 0 aliphatic carbocycles. The van der Waals surface area contributed by atoms with Crippen LogP contribution >= 0.6 is 0 Å². The van der Waals surface area contributed by atoms with Crippen LogP contribution in [0.4, 0.5) is 5.82 Å². The first-order chi connectivity index (χ1) is 9.86. The SMILES string of the molecule is COCCCCCNc1nccc2c(OC)cccc12. The molecule has 0 saturated heterocycles. The predicted molar refractivity (Wildman–Crippen MR) is 82.5 cm³/mol. The molecule has 0 amide bonds. The number of unbranched alkanes of at least 4 members (excludes halogenated alkanes) is 2. The third-order valence-corrected chi connectivity index (χ3v) is 3.30. The molecule has 0 aliphatic rings. The lowest BCUT2D eigenvalue weighted by molar-refractivity contribution is 0.192. The molecule has 4 nitrogen and oxygen atoms in total. The molecule has 20 heavy (non-hydrogen) atoms. The molecule has 1 heterocycles. The van der Waals surface area contributed by atoms with Gasteiger partial charge in [0.1, 0.15) is 11.6 Å². The highest BCUT2D eigenvalue weighted by atomic mass is 16.5. The standard InChI is InChI=1S/C16H22N2O2/c1-19-12-5-3-4-10-17-16-14-7-6-8-15(20-2)13(14)9-11-18-16/h6-9,11H,3-5,10,12H2,1-2H3,(H,17,18). The molecule has 0 fully saturated rings. The van der Waals surface area contributed by atoms with Crippen molar-refractivity contribution in [2.75, 3.05) is 32.7 Å². The van der Waals surface area contributed by atoms with Crippen LogP contribution in [0.5, 0.6) is 5.75 Å². The topological polar surface area (TPSA) is 43.4 Å². The van der Waals surface area contributed by atoms with Gasteiger partial charge < -0.3 is 14.8 Å². The largest absolute Gasteiger partial charge is 0.496 e. The minimum atomic E-state index is 0.837. The maximum Gasteiger partial charge on any atom is 0.133 e. The molecule has 0 atom stereocenters. The molecule has 2 aromatic rings. The Morgan fingerprint density at radius 3 is 2.75 bits per heavy atom. The maximum atomic E-state index is 5.38. The van der Waals surface area contributed by atoms with E-state index >= 15 is 0 Å². The molecule has 2 rings (SSSR count). The van der Waals surface area contributed by atoms with Gasteiger partial charge in [-0.1, -0.05) is 12.1 Å². The van der Waals surface area contributed by atoms with Crippen LogP contribution in [0.2, 0.25) is 0 Å². The van der Waals surface area contributed by atoms with E-state index in [1.807, 2.05) is 24.4 Å². The molecule has 4 heteroatoms. The third-order valence-electron chi connectivity index (χ3n) is 3.30. The second kappa shape index (κ2) is 7.70. The Labute approximate surface area is 120 Å². The van der Waals surface area contributed by atoms with Gasteiger partial charge in [0, 0.05) is 37.2 Å². The highest BCUT2D eigenvalue weighted by molar-refractivity contribution is 5.95. The molecular weight excluding hydrogens is 252 g/mol. The number of ether oxygens (including phenoxy) is 2. The van der Waals surface area contributed by atoms with Gasteiger partial charge in [-0.15, -0.1) is 0 Å². The number of nitrogens with one attached hydrogen (secondary N) is 1. The number of rotatable bonds is 8. The lowest BCUT2D eigenvalue weighted by atomic mass is 10.1. The summed E-state index contributed by atoms with van der Waals surface area (Å²) in [5.74, 6) is 1.81. The number of fused-ring (bicyclic) bond motifs is 1. The van der Waals surface area contributed by atoms with Gasteiger partial charge in [-0.25, -0.2) is 4.98 Å². The van der Waals surface area contributed by atoms with Gasteiger partial charge in [0.05, 0.1) is 7.11 Å². The Kier molecular flexibility index (Phi) is 5.62. The van der Waals surface area contributed by atoms with Crippen molar-refractivity contribution in [1.29, 1.82) is 0 Å². The van der Waals surface area contributed by atoms with Crippen molar-refractivity contribution in [2.45, 2.75) is 19.3 Å². The summed E-state index contributed by atoms with van der Waals surface area (Å²) >= 11 is 0. The zero-order valence-electron chi connectivity index (χ0n) is 12.2. The van der Waals surface area contributed by atoms with Crippen molar-refractivity contribution in [1.82, 2.24) is 4.98 Å². The summed E-state index contributed by atoms with van der Waals surface area (Å²) < 4.78 is 10.4. The first kappa shape index (κ1) is 14.6. The fourth-order valence-electron chi connectivity index (χ4n) is 2.25. The molecule has 1 aromatic heterocycles. The third kappa shape index (κ3) is 3.61. The van der Waals surface area contributed by atoms with Crippen molar-refractivity contribution in [3.05, 3.63) is 30.5 Å². The lowest BCUT2D eigenvalue weighted by Crippen LogP contribution is -2.04. The first-order valence-corrected chi connectivity index (χ1v) is 7.01. The number of pyridine rings is 1. The molecule has 1 N–H and O–H groups in total. The van der Waals surface area contributed by atoms with Crippen LogP contribution in [0.25, 0.3) is 10.8 Å². The van der Waals surface area contributed by atoms with Gasteiger partial charge >= 0.3 is 0 Å². The van der Waals surface area contributed by atoms with Crippen molar-refractivity contribution in [3.8, 4) is 5.75 Å². The van der Waals surface area contributed by atoms with Crippen molar-refractivity contribution < 1.29 is 9.47 Å². The number of methoxy groups -OCH3 is 2. The Morgan fingerprint density at radius 2 is 1.95 bits per heavy atom. The van der Waals surface area contributed by atoms with Crippen LogP contribution < -0.4 is 10.1 Å². The van der Waals surface area contributed by atoms with E-state index < -0.39 is 0 Å². The molecule has 0 unspecified atom stereocenters. The van der Waals surface area contributed by atoms with E-state index in [1.54, 1.807) is 14.2 Å². The summed E-state index contributed by atoms with van der Waals surface area (Å²) in [6, 6.07) is 8.01. The van der Waals surface area contributed by atoms with Crippen LogP contribution in [0, 0.1) is 0 Å². The fraction of sp³-hybridized carbons (Fsp3) is 0.438. The number of aromatic nitrogens is 1. The van der Waals surface area contributed by atoms with E-state index in [2.05, 4.69) is 16.4 Å². The van der Waals surface area contributed by atoms with Crippen molar-refractivity contribution in [3.63, 3.8) is 0 Å². The average molecular weight is 274 g/mol. The van der Waals surface area contributed by atoms with E-state index in [0.29, 0.717) is 0 Å². The number of hydrogen-bond donors (Lipinski definition) is 1. The van der Waals surface area contributed by atoms with Crippen LogP contribution in [0.3, 0.4) is 0 Å². The summed E-state index contributed by atoms with van der Waals surface area (Å²) in [4.78, 5) is 4.42. The zero-order valence-corrected chi connectivity index (χ0v) is 12.2. The summed E-state index contributed by atoms with van der Waals surface area (Å²) in [6.45, 7) is 1.76. The zero-order chi connectivity index (χ0) is 14.2. The quantitative estimate of drug-likeness (QED) is 0.748. The van der Waals surface area contributed by atoms with E-state index in [-0.39, 0.29) is 0 Å². The van der Waals surface area contributed by atoms with Crippen molar-refractivity contribution in [2.24, 2.45) is 0 Å². The maximum absolute atomic E-state index is 5.38. The van der Waals surface area contributed by atoms with Gasteiger partial charge in [0.15, 0.2) is 0 Å². The molecule has 0 saturated carbocycles. The number of nitrogens with zero attached hydrogens (tertiary/aromatic N) is 1. The van der Waals surface area contributed by atoms with Crippen LogP contribution in [0.1, 0.15) is 19.3 Å². The molecular formula is C16H22N2O2. The number of anilines is 1. The van der Waals surface area contributed by atoms with Crippen LogP contribution in [-0.4, -0.2) is 32.4 Å². The Balaban J connectivity index is 2.00. The van der Waals surface area contributed by atoms with Gasteiger partial charge in [0.2, 0.25) is 0 Å². The molecule has 0 spiro atoms. The number of benzene rings is 1. The molecule has 0 bridgehead atoms. The van der Waals surface area contributed by atoms with E-state index in [0.717, 1.165) is 54.8 Å². The Bertz CT molecular complexity index is 543. The van der Waals surface area contributed by atoms with E-state index in [1.165, 1.54) is 0 Å². The summed E-state index contributed by atoms with van der Waals surface area (Å²) in [6.07, 6.45) is 5.20. The monoisotopic (exact) mass is 274 g/mol. The van der Waals surface area contributed by atoms with Gasteiger partial charge in [-0.2, -0.15) is 0 Å². The minimum Gasteiger partial charge on any atom is -0.496 e. The molecule has 1 aromatic carbocycles. The Morgan fingerprint density at radius 1 is 1.05 bits per heavy atom. The van der Waals surface area contributed by atoms with Gasteiger partial charge in [0.25, 0.3) is 0 Å². The fourth-order valence-corrected chi connectivity index (χ4v) is 2.25. The van der Waals surface area contributed by atoms with Gasteiger partial charge in [-0.3, -0.25) is 0 Å². The molecule has 108 valence electrons. The second-order valence-corrected chi connectivity index (χ2v) is 4.70. The van der Waals surface area contributed by atoms with Crippen LogP contribution in [-0.2, 0) is 4.74 Å². The minimum absolute atomic E-state index is 0.837. The normalized spacial score (nSPS) is 10.7. The number of hydrogen-bond acceptors (Lipinski definition) is 4. The molecule has 0 radical (unpaired) electrons. The van der Waals surface area contributed by atoms with Crippen LogP contribution in [0.15, 0.2) is 30.5 Å². The highest BCUT2D eigenvalue weighted by Crippen LogP contribution is 2.28. The summed E-state index contributed by atoms with van der Waals surface area (Å²) in [5.41, 5.74) is 0.